The first-order valence-corrected chi connectivity index (χ1v) is 9.27. The summed E-state index contributed by atoms with van der Waals surface area (Å²) in [6.45, 7) is 4.86. The summed E-state index contributed by atoms with van der Waals surface area (Å²) in [5, 5.41) is 17.0. The van der Waals surface area contributed by atoms with Crippen LogP contribution in [0, 0.1) is 11.3 Å². The molecule has 2 aromatic heterocycles. The summed E-state index contributed by atoms with van der Waals surface area (Å²) in [5.74, 6) is 1.66. The highest BCUT2D eigenvalue weighted by Gasteiger charge is 2.37. The molecule has 0 spiro atoms. The predicted octanol–water partition coefficient (Wildman–Crippen LogP) is 3.69. The number of allylic oxidation sites excluding steroid dienone is 1. The van der Waals surface area contributed by atoms with E-state index in [2.05, 4.69) is 16.3 Å². The third kappa shape index (κ3) is 3.17. The van der Waals surface area contributed by atoms with Gasteiger partial charge in [0, 0.05) is 11.6 Å². The van der Waals surface area contributed by atoms with Gasteiger partial charge in [-0.2, -0.15) is 5.26 Å². The van der Waals surface area contributed by atoms with Gasteiger partial charge < -0.3 is 24.4 Å². The Balaban J connectivity index is 1.90. The van der Waals surface area contributed by atoms with Gasteiger partial charge in [-0.05, 0) is 38.1 Å². The molecule has 1 atom stereocenters. The summed E-state index contributed by atoms with van der Waals surface area (Å²) in [4.78, 5) is 0. The molecule has 29 heavy (non-hydrogen) atoms. The smallest absolute Gasteiger partial charge is 0.244 e. The molecule has 0 saturated carbocycles. The SMILES string of the molecule is CCOc1ccc(-c2[nH]nc3c2[C@@H](c2ccco2)C(C#N)=C(N)O3)c(OCC)c1. The highest BCUT2D eigenvalue weighted by atomic mass is 16.5. The van der Waals surface area contributed by atoms with Gasteiger partial charge in [0.25, 0.3) is 0 Å². The van der Waals surface area contributed by atoms with E-state index in [9.17, 15) is 5.26 Å². The molecular formula is C21H20N4O4. The maximum atomic E-state index is 9.71. The molecule has 3 heterocycles. The van der Waals surface area contributed by atoms with Gasteiger partial charge in [-0.25, -0.2) is 0 Å². The Morgan fingerprint density at radius 1 is 1.24 bits per heavy atom. The molecule has 0 fully saturated rings. The van der Waals surface area contributed by atoms with Crippen LogP contribution < -0.4 is 19.9 Å². The minimum Gasteiger partial charge on any atom is -0.494 e. The third-order valence-electron chi connectivity index (χ3n) is 4.60. The summed E-state index contributed by atoms with van der Waals surface area (Å²) in [6, 6.07) is 11.3. The van der Waals surface area contributed by atoms with E-state index in [1.807, 2.05) is 32.0 Å². The number of nitrogens with one attached hydrogen (secondary N) is 1. The van der Waals surface area contributed by atoms with E-state index in [1.165, 1.54) is 0 Å². The first-order valence-electron chi connectivity index (χ1n) is 9.27. The molecule has 8 nitrogen and oxygen atoms in total. The van der Waals surface area contributed by atoms with E-state index in [0.717, 1.165) is 5.56 Å². The van der Waals surface area contributed by atoms with Crippen LogP contribution in [0.3, 0.4) is 0 Å². The molecule has 1 aromatic carbocycles. The highest BCUT2D eigenvalue weighted by Crippen LogP contribution is 2.47. The zero-order valence-electron chi connectivity index (χ0n) is 16.1. The average molecular weight is 392 g/mol. The molecule has 0 unspecified atom stereocenters. The predicted molar refractivity (Wildman–Crippen MR) is 104 cm³/mol. The summed E-state index contributed by atoms with van der Waals surface area (Å²) in [7, 11) is 0. The minimum atomic E-state index is -0.548. The van der Waals surface area contributed by atoms with Crippen LogP contribution >= 0.6 is 0 Å². The van der Waals surface area contributed by atoms with Gasteiger partial charge >= 0.3 is 0 Å². The van der Waals surface area contributed by atoms with E-state index < -0.39 is 5.92 Å². The second-order valence-electron chi connectivity index (χ2n) is 6.28. The lowest BCUT2D eigenvalue weighted by molar-refractivity contribution is 0.324. The molecule has 4 rings (SSSR count). The summed E-state index contributed by atoms with van der Waals surface area (Å²) >= 11 is 0. The van der Waals surface area contributed by atoms with Crippen LogP contribution in [0.25, 0.3) is 11.3 Å². The van der Waals surface area contributed by atoms with Gasteiger partial charge in [-0.15, -0.1) is 5.10 Å². The molecule has 1 aliphatic rings. The topological polar surface area (TPSA) is 119 Å². The van der Waals surface area contributed by atoms with E-state index in [4.69, 9.17) is 24.4 Å². The van der Waals surface area contributed by atoms with E-state index >= 15 is 0 Å². The molecule has 0 aliphatic carbocycles. The van der Waals surface area contributed by atoms with Crippen LogP contribution in [0.4, 0.5) is 0 Å². The Bertz CT molecular complexity index is 1090. The largest absolute Gasteiger partial charge is 0.494 e. The number of rotatable bonds is 6. The van der Waals surface area contributed by atoms with Crippen molar-refractivity contribution >= 4 is 0 Å². The van der Waals surface area contributed by atoms with Crippen molar-refractivity contribution in [3.05, 3.63) is 59.4 Å². The molecule has 3 aromatic rings. The molecule has 8 heteroatoms. The minimum absolute atomic E-state index is 0.0103. The van der Waals surface area contributed by atoms with Crippen molar-refractivity contribution in [1.29, 1.82) is 5.26 Å². The van der Waals surface area contributed by atoms with Crippen molar-refractivity contribution in [2.45, 2.75) is 19.8 Å². The number of nitrogens with two attached hydrogens (primary N) is 1. The van der Waals surface area contributed by atoms with Crippen LogP contribution in [0.15, 0.2) is 52.5 Å². The Morgan fingerprint density at radius 3 is 2.76 bits per heavy atom. The van der Waals surface area contributed by atoms with Crippen molar-refractivity contribution in [2.24, 2.45) is 5.73 Å². The molecule has 1 aliphatic heterocycles. The van der Waals surface area contributed by atoms with Crippen molar-refractivity contribution < 1.29 is 18.6 Å². The van der Waals surface area contributed by atoms with Crippen molar-refractivity contribution in [3.8, 4) is 34.7 Å². The second kappa shape index (κ2) is 7.64. The van der Waals surface area contributed by atoms with Crippen LogP contribution in [-0.2, 0) is 0 Å². The number of benzene rings is 1. The Kier molecular flexibility index (Phi) is 4.87. The molecule has 148 valence electrons. The number of aromatic nitrogens is 2. The quantitative estimate of drug-likeness (QED) is 0.656. The molecule has 0 radical (unpaired) electrons. The monoisotopic (exact) mass is 392 g/mol. The molecule has 0 bridgehead atoms. The van der Waals surface area contributed by atoms with Crippen molar-refractivity contribution in [3.63, 3.8) is 0 Å². The van der Waals surface area contributed by atoms with E-state index in [0.29, 0.717) is 47.6 Å². The van der Waals surface area contributed by atoms with Gasteiger partial charge in [-0.3, -0.25) is 5.10 Å². The summed E-state index contributed by atoms with van der Waals surface area (Å²) in [5.41, 5.74) is 8.33. The van der Waals surface area contributed by atoms with Crippen LogP contribution in [-0.4, -0.2) is 23.4 Å². The van der Waals surface area contributed by atoms with Crippen LogP contribution in [0.2, 0.25) is 0 Å². The molecular weight excluding hydrogens is 372 g/mol. The lowest BCUT2D eigenvalue weighted by atomic mass is 9.86. The molecule has 0 amide bonds. The zero-order valence-corrected chi connectivity index (χ0v) is 16.1. The van der Waals surface area contributed by atoms with Crippen LogP contribution in [0.5, 0.6) is 17.4 Å². The highest BCUT2D eigenvalue weighted by molar-refractivity contribution is 5.75. The van der Waals surface area contributed by atoms with Gasteiger partial charge in [0.05, 0.1) is 36.7 Å². The van der Waals surface area contributed by atoms with Gasteiger partial charge in [-0.1, -0.05) is 0 Å². The lowest BCUT2D eigenvalue weighted by Gasteiger charge is -2.22. The maximum absolute atomic E-state index is 9.71. The number of aromatic amines is 1. The number of nitrogens with zero attached hydrogens (tertiary/aromatic N) is 2. The van der Waals surface area contributed by atoms with Crippen LogP contribution in [0.1, 0.15) is 31.1 Å². The Labute approximate surface area is 167 Å². The third-order valence-corrected chi connectivity index (χ3v) is 4.60. The number of nitriles is 1. The summed E-state index contributed by atoms with van der Waals surface area (Å²) < 4.78 is 22.7. The number of hydrogen-bond acceptors (Lipinski definition) is 7. The maximum Gasteiger partial charge on any atom is 0.244 e. The Hall–Kier alpha value is -3.86. The number of hydrogen-bond donors (Lipinski definition) is 2. The summed E-state index contributed by atoms with van der Waals surface area (Å²) in [6.07, 6.45) is 1.55. The molecule has 0 saturated heterocycles. The van der Waals surface area contributed by atoms with Gasteiger partial charge in [0.15, 0.2) is 0 Å². The Morgan fingerprint density at radius 2 is 2.07 bits per heavy atom. The van der Waals surface area contributed by atoms with Gasteiger partial charge in [0.2, 0.25) is 11.8 Å². The van der Waals surface area contributed by atoms with Crippen molar-refractivity contribution in [2.75, 3.05) is 13.2 Å². The molecule has 3 N–H and O–H groups in total. The van der Waals surface area contributed by atoms with Crippen molar-refractivity contribution in [1.82, 2.24) is 10.2 Å². The first kappa shape index (κ1) is 18.5. The van der Waals surface area contributed by atoms with E-state index in [-0.39, 0.29) is 11.5 Å². The number of fused-ring (bicyclic) bond motifs is 1. The van der Waals surface area contributed by atoms with Gasteiger partial charge in [0.1, 0.15) is 28.9 Å². The fourth-order valence-corrected chi connectivity index (χ4v) is 3.43. The normalized spacial score (nSPS) is 15.4. The number of ether oxygens (including phenoxy) is 3. The second-order valence-corrected chi connectivity index (χ2v) is 6.28. The first-order chi connectivity index (χ1) is 14.2. The number of furan rings is 1. The standard InChI is InChI=1S/C21H20N4O4/c1-3-26-12-7-8-13(16(10-12)27-4-2)19-18-17(15-6-5-9-28-15)14(11-22)20(23)29-21(18)25-24-19/h5-10,17H,3-4,23H2,1-2H3,(H,24,25)/t17-/m1/s1. The lowest BCUT2D eigenvalue weighted by Crippen LogP contribution is -2.20. The zero-order chi connectivity index (χ0) is 20.4. The average Bonchev–Trinajstić information content (AvgIpc) is 3.38. The fraction of sp³-hybridized carbons (Fsp3) is 0.238. The van der Waals surface area contributed by atoms with E-state index in [1.54, 1.807) is 18.4 Å². The number of H-pyrrole nitrogens is 1. The fourth-order valence-electron chi connectivity index (χ4n) is 3.43.